The fraction of sp³-hybridized carbons (Fsp3) is 0.167. The van der Waals surface area contributed by atoms with Gasteiger partial charge in [-0.25, -0.2) is 4.98 Å². The van der Waals surface area contributed by atoms with Crippen LogP contribution in [0.4, 0.5) is 5.82 Å². The Morgan fingerprint density at radius 2 is 1.83 bits per heavy atom. The Hall–Kier alpha value is -1.52. The molecule has 2 aromatic rings. The van der Waals surface area contributed by atoms with Crippen molar-refractivity contribution in [2.75, 3.05) is 12.4 Å². The lowest BCUT2D eigenvalue weighted by atomic mass is 10.3. The maximum Gasteiger partial charge on any atom is 0.144 e. The first-order valence-electron chi connectivity index (χ1n) is 5.25. The summed E-state index contributed by atoms with van der Waals surface area (Å²) in [4.78, 5) is 8.33. The largest absolute Gasteiger partial charge is 0.487 e. The van der Waals surface area contributed by atoms with Crippen LogP contribution in [0.25, 0.3) is 0 Å². The number of ether oxygens (including phenoxy) is 1. The van der Waals surface area contributed by atoms with Crippen LogP contribution in [0.2, 0.25) is 10.0 Å². The number of nitrogens with one attached hydrogen (secondary N) is 1. The van der Waals surface area contributed by atoms with E-state index in [0.717, 1.165) is 5.69 Å². The summed E-state index contributed by atoms with van der Waals surface area (Å²) in [5.74, 6) is 1.32. The standard InChI is InChI=1S/C12H11Cl2N3O/c1-15-12-6-16-10(5-17-12)7-18-11-3-8(13)2-9(14)4-11/h2-6H,7H2,1H3,(H,15,17). The molecule has 18 heavy (non-hydrogen) atoms. The van der Waals surface area contributed by atoms with Crippen molar-refractivity contribution in [3.8, 4) is 5.75 Å². The highest BCUT2D eigenvalue weighted by Gasteiger charge is 2.01. The molecule has 1 aromatic carbocycles. The fourth-order valence-electron chi connectivity index (χ4n) is 1.33. The van der Waals surface area contributed by atoms with Crippen LogP contribution >= 0.6 is 23.2 Å². The molecule has 1 N–H and O–H groups in total. The number of anilines is 1. The van der Waals surface area contributed by atoms with Crippen molar-refractivity contribution < 1.29 is 4.74 Å². The lowest BCUT2D eigenvalue weighted by molar-refractivity contribution is 0.301. The highest BCUT2D eigenvalue weighted by Crippen LogP contribution is 2.24. The number of nitrogens with zero attached hydrogens (tertiary/aromatic N) is 2. The van der Waals surface area contributed by atoms with Crippen molar-refractivity contribution >= 4 is 29.0 Å². The zero-order valence-corrected chi connectivity index (χ0v) is 11.2. The summed E-state index contributed by atoms with van der Waals surface area (Å²) in [5.41, 5.74) is 0.727. The lowest BCUT2D eigenvalue weighted by Crippen LogP contribution is -2.01. The number of rotatable bonds is 4. The molecule has 2 rings (SSSR count). The highest BCUT2D eigenvalue weighted by atomic mass is 35.5. The Morgan fingerprint density at radius 3 is 2.39 bits per heavy atom. The molecule has 0 aliphatic rings. The van der Waals surface area contributed by atoms with E-state index < -0.39 is 0 Å². The SMILES string of the molecule is CNc1cnc(COc2cc(Cl)cc(Cl)c2)cn1. The average Bonchev–Trinajstić information content (AvgIpc) is 2.36. The molecule has 0 saturated heterocycles. The number of hydrogen-bond donors (Lipinski definition) is 1. The van der Waals surface area contributed by atoms with E-state index in [0.29, 0.717) is 28.2 Å². The smallest absolute Gasteiger partial charge is 0.144 e. The maximum absolute atomic E-state index is 5.87. The van der Waals surface area contributed by atoms with Gasteiger partial charge in [0.1, 0.15) is 18.2 Å². The molecule has 94 valence electrons. The van der Waals surface area contributed by atoms with E-state index in [4.69, 9.17) is 27.9 Å². The molecule has 0 aliphatic heterocycles. The summed E-state index contributed by atoms with van der Waals surface area (Å²) >= 11 is 11.7. The molecule has 1 aromatic heterocycles. The Bertz CT molecular complexity index is 511. The Morgan fingerprint density at radius 1 is 1.11 bits per heavy atom. The van der Waals surface area contributed by atoms with Gasteiger partial charge in [-0.3, -0.25) is 4.98 Å². The predicted molar refractivity (Wildman–Crippen MR) is 72.4 cm³/mol. The van der Waals surface area contributed by atoms with Gasteiger partial charge in [0.15, 0.2) is 0 Å². The minimum absolute atomic E-state index is 0.313. The molecule has 4 nitrogen and oxygen atoms in total. The zero-order chi connectivity index (χ0) is 13.0. The van der Waals surface area contributed by atoms with E-state index in [2.05, 4.69) is 15.3 Å². The number of aromatic nitrogens is 2. The minimum Gasteiger partial charge on any atom is -0.487 e. The van der Waals surface area contributed by atoms with Gasteiger partial charge in [-0.15, -0.1) is 0 Å². The van der Waals surface area contributed by atoms with Gasteiger partial charge < -0.3 is 10.1 Å². The van der Waals surface area contributed by atoms with Crippen molar-refractivity contribution in [3.63, 3.8) is 0 Å². The molecule has 0 radical (unpaired) electrons. The first-order chi connectivity index (χ1) is 8.67. The fourth-order valence-corrected chi connectivity index (χ4v) is 1.83. The van der Waals surface area contributed by atoms with Gasteiger partial charge in [-0.2, -0.15) is 0 Å². The first-order valence-corrected chi connectivity index (χ1v) is 6.00. The second-order valence-corrected chi connectivity index (χ2v) is 4.41. The second kappa shape index (κ2) is 5.89. The van der Waals surface area contributed by atoms with E-state index in [1.54, 1.807) is 37.6 Å². The monoisotopic (exact) mass is 283 g/mol. The summed E-state index contributed by atoms with van der Waals surface area (Å²) in [7, 11) is 1.79. The highest BCUT2D eigenvalue weighted by molar-refractivity contribution is 6.34. The average molecular weight is 284 g/mol. The van der Waals surface area contributed by atoms with E-state index in [1.807, 2.05) is 0 Å². The molecular formula is C12H11Cl2N3O. The summed E-state index contributed by atoms with van der Waals surface area (Å²) in [5, 5.41) is 3.97. The molecule has 6 heteroatoms. The van der Waals surface area contributed by atoms with Crippen LogP contribution < -0.4 is 10.1 Å². The van der Waals surface area contributed by atoms with E-state index >= 15 is 0 Å². The van der Waals surface area contributed by atoms with Crippen LogP contribution in [0.15, 0.2) is 30.6 Å². The molecule has 0 fully saturated rings. The van der Waals surface area contributed by atoms with Crippen LogP contribution in [0.1, 0.15) is 5.69 Å². The van der Waals surface area contributed by atoms with Crippen LogP contribution in [0.5, 0.6) is 5.75 Å². The van der Waals surface area contributed by atoms with Gasteiger partial charge in [0, 0.05) is 17.1 Å². The topological polar surface area (TPSA) is 47.0 Å². The normalized spacial score (nSPS) is 10.2. The van der Waals surface area contributed by atoms with Gasteiger partial charge >= 0.3 is 0 Å². The third kappa shape index (κ3) is 3.48. The third-order valence-electron chi connectivity index (χ3n) is 2.18. The van der Waals surface area contributed by atoms with Gasteiger partial charge in [0.25, 0.3) is 0 Å². The van der Waals surface area contributed by atoms with Crippen molar-refractivity contribution in [3.05, 3.63) is 46.3 Å². The molecule has 1 heterocycles. The maximum atomic E-state index is 5.87. The van der Waals surface area contributed by atoms with Crippen LogP contribution in [0, 0.1) is 0 Å². The zero-order valence-electron chi connectivity index (χ0n) is 9.65. The molecular weight excluding hydrogens is 273 g/mol. The van der Waals surface area contributed by atoms with E-state index in [9.17, 15) is 0 Å². The van der Waals surface area contributed by atoms with Gasteiger partial charge in [-0.1, -0.05) is 23.2 Å². The van der Waals surface area contributed by atoms with Crippen molar-refractivity contribution in [1.82, 2.24) is 9.97 Å². The summed E-state index contributed by atoms with van der Waals surface area (Å²) in [6.45, 7) is 0.313. The number of halogens is 2. The molecule has 0 saturated carbocycles. The van der Waals surface area contributed by atoms with Gasteiger partial charge in [0.05, 0.1) is 18.1 Å². The Kier molecular flexibility index (Phi) is 4.23. The number of hydrogen-bond acceptors (Lipinski definition) is 4. The summed E-state index contributed by atoms with van der Waals surface area (Å²) < 4.78 is 5.54. The second-order valence-electron chi connectivity index (χ2n) is 3.54. The Labute approximate surface area is 115 Å². The molecule has 0 amide bonds. The third-order valence-corrected chi connectivity index (χ3v) is 2.62. The molecule has 0 spiro atoms. The summed E-state index contributed by atoms with van der Waals surface area (Å²) in [6, 6.07) is 5.04. The lowest BCUT2D eigenvalue weighted by Gasteiger charge is -2.07. The van der Waals surface area contributed by atoms with Gasteiger partial charge in [-0.05, 0) is 18.2 Å². The van der Waals surface area contributed by atoms with Crippen molar-refractivity contribution in [1.29, 1.82) is 0 Å². The molecule has 0 atom stereocenters. The predicted octanol–water partition coefficient (Wildman–Crippen LogP) is 3.40. The van der Waals surface area contributed by atoms with E-state index in [-0.39, 0.29) is 0 Å². The van der Waals surface area contributed by atoms with Gasteiger partial charge in [0.2, 0.25) is 0 Å². The minimum atomic E-state index is 0.313. The van der Waals surface area contributed by atoms with E-state index in [1.165, 1.54) is 0 Å². The quantitative estimate of drug-likeness (QED) is 0.934. The molecule has 0 bridgehead atoms. The van der Waals surface area contributed by atoms with Crippen molar-refractivity contribution in [2.24, 2.45) is 0 Å². The van der Waals surface area contributed by atoms with Crippen LogP contribution in [-0.4, -0.2) is 17.0 Å². The Balaban J connectivity index is 2.01. The van der Waals surface area contributed by atoms with Crippen LogP contribution in [0.3, 0.4) is 0 Å². The molecule has 0 unspecified atom stereocenters. The molecule has 0 aliphatic carbocycles. The van der Waals surface area contributed by atoms with Crippen LogP contribution in [-0.2, 0) is 6.61 Å². The number of benzene rings is 1. The first kappa shape index (κ1) is 12.9. The van der Waals surface area contributed by atoms with Crippen molar-refractivity contribution in [2.45, 2.75) is 6.61 Å². The summed E-state index contributed by atoms with van der Waals surface area (Å²) in [6.07, 6.45) is 3.29.